The highest BCUT2D eigenvalue weighted by molar-refractivity contribution is 5.77. The molecule has 0 saturated heterocycles. The van der Waals surface area contributed by atoms with Gasteiger partial charge in [-0.05, 0) is 13.3 Å². The van der Waals surface area contributed by atoms with Crippen molar-refractivity contribution < 1.29 is 4.79 Å². The van der Waals surface area contributed by atoms with E-state index in [0.29, 0.717) is 0 Å². The third-order valence-corrected chi connectivity index (χ3v) is 2.05. The number of hydrogen-bond donors (Lipinski definition) is 1. The van der Waals surface area contributed by atoms with Crippen molar-refractivity contribution in [2.24, 2.45) is 5.73 Å². The summed E-state index contributed by atoms with van der Waals surface area (Å²) >= 11 is 0. The molecule has 13 heavy (non-hydrogen) atoms. The molecule has 1 heterocycles. The molecule has 0 aliphatic carbocycles. The number of imidazole rings is 1. The molecule has 4 heteroatoms. The maximum atomic E-state index is 10.9. The van der Waals surface area contributed by atoms with E-state index in [1.54, 1.807) is 19.3 Å². The predicted octanol–water partition coefficient (Wildman–Crippen LogP) is 0.882. The Morgan fingerprint density at radius 2 is 2.46 bits per heavy atom. The standard InChI is InChI=1S/C9H15N3O/c1-3-4-8-11-5-6-12(8)7(2)9(10)13/h5-7H,3-4H2,1-2H3,(H2,10,13). The van der Waals surface area contributed by atoms with Crippen LogP contribution in [0, 0.1) is 0 Å². The molecule has 0 aliphatic heterocycles. The van der Waals surface area contributed by atoms with Crippen LogP contribution in [-0.4, -0.2) is 15.5 Å². The summed E-state index contributed by atoms with van der Waals surface area (Å²) in [6, 6.07) is -0.302. The first-order valence-electron chi connectivity index (χ1n) is 4.47. The van der Waals surface area contributed by atoms with E-state index in [1.807, 2.05) is 4.57 Å². The third kappa shape index (κ3) is 2.08. The molecule has 0 bridgehead atoms. The van der Waals surface area contributed by atoms with Crippen LogP contribution in [0.4, 0.5) is 0 Å². The molecule has 2 N–H and O–H groups in total. The van der Waals surface area contributed by atoms with Crippen LogP contribution >= 0.6 is 0 Å². The minimum Gasteiger partial charge on any atom is -0.368 e. The minimum atomic E-state index is -0.324. The van der Waals surface area contributed by atoms with Crippen LogP contribution in [0.5, 0.6) is 0 Å². The molecule has 72 valence electrons. The van der Waals surface area contributed by atoms with Gasteiger partial charge in [-0.15, -0.1) is 0 Å². The largest absolute Gasteiger partial charge is 0.368 e. The summed E-state index contributed by atoms with van der Waals surface area (Å²) in [4.78, 5) is 15.1. The van der Waals surface area contributed by atoms with Crippen LogP contribution in [-0.2, 0) is 11.2 Å². The summed E-state index contributed by atoms with van der Waals surface area (Å²) in [5.74, 6) is 0.601. The number of carbonyl (C=O) groups excluding carboxylic acids is 1. The first-order chi connectivity index (χ1) is 6.16. The highest BCUT2D eigenvalue weighted by Crippen LogP contribution is 2.09. The van der Waals surface area contributed by atoms with Crippen LogP contribution in [0.1, 0.15) is 32.1 Å². The molecule has 0 aromatic carbocycles. The predicted molar refractivity (Wildman–Crippen MR) is 50.1 cm³/mol. The maximum absolute atomic E-state index is 10.9. The smallest absolute Gasteiger partial charge is 0.240 e. The first-order valence-corrected chi connectivity index (χ1v) is 4.47. The number of hydrogen-bond acceptors (Lipinski definition) is 2. The highest BCUT2D eigenvalue weighted by Gasteiger charge is 2.13. The third-order valence-electron chi connectivity index (χ3n) is 2.05. The van der Waals surface area contributed by atoms with Crippen molar-refractivity contribution in [1.29, 1.82) is 0 Å². The molecule has 0 spiro atoms. The second-order valence-corrected chi connectivity index (χ2v) is 3.08. The van der Waals surface area contributed by atoms with Gasteiger partial charge in [-0.3, -0.25) is 4.79 Å². The molecular weight excluding hydrogens is 166 g/mol. The topological polar surface area (TPSA) is 60.9 Å². The Kier molecular flexibility index (Phi) is 3.06. The van der Waals surface area contributed by atoms with Crippen molar-refractivity contribution in [3.8, 4) is 0 Å². The van der Waals surface area contributed by atoms with Gasteiger partial charge in [0.05, 0.1) is 0 Å². The molecule has 1 amide bonds. The lowest BCUT2D eigenvalue weighted by Crippen LogP contribution is -2.24. The van der Waals surface area contributed by atoms with Gasteiger partial charge in [-0.2, -0.15) is 0 Å². The number of aromatic nitrogens is 2. The molecule has 1 aromatic heterocycles. The van der Waals surface area contributed by atoms with E-state index in [2.05, 4.69) is 11.9 Å². The summed E-state index contributed by atoms with van der Waals surface area (Å²) in [5.41, 5.74) is 5.20. The number of nitrogens with zero attached hydrogens (tertiary/aromatic N) is 2. The zero-order valence-corrected chi connectivity index (χ0v) is 8.03. The number of carbonyl (C=O) groups is 1. The first kappa shape index (κ1) is 9.77. The van der Waals surface area contributed by atoms with Crippen molar-refractivity contribution in [3.63, 3.8) is 0 Å². The van der Waals surface area contributed by atoms with Crippen LogP contribution in [0.25, 0.3) is 0 Å². The summed E-state index contributed by atoms with van der Waals surface area (Å²) in [6.45, 7) is 3.86. The number of amides is 1. The van der Waals surface area contributed by atoms with Gasteiger partial charge in [0.2, 0.25) is 5.91 Å². The molecule has 1 rings (SSSR count). The lowest BCUT2D eigenvalue weighted by atomic mass is 10.2. The molecule has 0 aliphatic rings. The maximum Gasteiger partial charge on any atom is 0.240 e. The average Bonchev–Trinajstić information content (AvgIpc) is 2.52. The second kappa shape index (κ2) is 4.07. The Bertz CT molecular complexity index is 293. The van der Waals surface area contributed by atoms with Crippen molar-refractivity contribution in [1.82, 2.24) is 9.55 Å². The van der Waals surface area contributed by atoms with Crippen LogP contribution in [0.3, 0.4) is 0 Å². The van der Waals surface area contributed by atoms with Gasteiger partial charge in [0.15, 0.2) is 0 Å². The van der Waals surface area contributed by atoms with E-state index in [-0.39, 0.29) is 11.9 Å². The molecule has 0 radical (unpaired) electrons. The SMILES string of the molecule is CCCc1nccn1C(C)C(N)=O. The van der Waals surface area contributed by atoms with Crippen LogP contribution in [0.2, 0.25) is 0 Å². The molecule has 0 fully saturated rings. The van der Waals surface area contributed by atoms with E-state index in [4.69, 9.17) is 5.73 Å². The van der Waals surface area contributed by atoms with E-state index < -0.39 is 0 Å². The lowest BCUT2D eigenvalue weighted by Gasteiger charge is -2.11. The quantitative estimate of drug-likeness (QED) is 0.749. The van der Waals surface area contributed by atoms with Gasteiger partial charge in [0.1, 0.15) is 11.9 Å². The Labute approximate surface area is 77.8 Å². The second-order valence-electron chi connectivity index (χ2n) is 3.08. The van der Waals surface area contributed by atoms with E-state index in [0.717, 1.165) is 18.7 Å². The monoisotopic (exact) mass is 181 g/mol. The fourth-order valence-electron chi connectivity index (χ4n) is 1.25. The van der Waals surface area contributed by atoms with Gasteiger partial charge >= 0.3 is 0 Å². The Morgan fingerprint density at radius 3 is 3.00 bits per heavy atom. The van der Waals surface area contributed by atoms with Gasteiger partial charge < -0.3 is 10.3 Å². The van der Waals surface area contributed by atoms with Gasteiger partial charge in [-0.25, -0.2) is 4.98 Å². The normalized spacial score (nSPS) is 12.8. The molecule has 1 unspecified atom stereocenters. The average molecular weight is 181 g/mol. The summed E-state index contributed by atoms with van der Waals surface area (Å²) in [5, 5.41) is 0. The molecule has 0 saturated carbocycles. The minimum absolute atomic E-state index is 0.302. The summed E-state index contributed by atoms with van der Waals surface area (Å²) in [6.07, 6.45) is 5.39. The van der Waals surface area contributed by atoms with Crippen LogP contribution < -0.4 is 5.73 Å². The fraction of sp³-hybridized carbons (Fsp3) is 0.556. The van der Waals surface area contributed by atoms with Crippen molar-refractivity contribution in [3.05, 3.63) is 18.2 Å². The van der Waals surface area contributed by atoms with Gasteiger partial charge in [0.25, 0.3) is 0 Å². The summed E-state index contributed by atoms with van der Waals surface area (Å²) in [7, 11) is 0. The van der Waals surface area contributed by atoms with Crippen molar-refractivity contribution in [2.45, 2.75) is 32.7 Å². The number of rotatable bonds is 4. The molecule has 4 nitrogen and oxygen atoms in total. The Morgan fingerprint density at radius 1 is 1.77 bits per heavy atom. The van der Waals surface area contributed by atoms with Gasteiger partial charge in [0, 0.05) is 18.8 Å². The van der Waals surface area contributed by atoms with E-state index in [9.17, 15) is 4.79 Å². The Balaban J connectivity index is 2.86. The Hall–Kier alpha value is -1.32. The zero-order chi connectivity index (χ0) is 9.84. The number of primary amides is 1. The molecule has 1 atom stereocenters. The zero-order valence-electron chi connectivity index (χ0n) is 8.03. The van der Waals surface area contributed by atoms with E-state index in [1.165, 1.54) is 0 Å². The number of nitrogens with two attached hydrogens (primary N) is 1. The fourth-order valence-corrected chi connectivity index (χ4v) is 1.25. The van der Waals surface area contributed by atoms with Crippen molar-refractivity contribution in [2.75, 3.05) is 0 Å². The highest BCUT2D eigenvalue weighted by atomic mass is 16.1. The lowest BCUT2D eigenvalue weighted by molar-refractivity contribution is -0.120. The van der Waals surface area contributed by atoms with E-state index >= 15 is 0 Å². The van der Waals surface area contributed by atoms with Crippen molar-refractivity contribution >= 4 is 5.91 Å². The summed E-state index contributed by atoms with van der Waals surface area (Å²) < 4.78 is 1.83. The molecular formula is C9H15N3O. The number of aryl methyl sites for hydroxylation is 1. The van der Waals surface area contributed by atoms with Gasteiger partial charge in [-0.1, -0.05) is 6.92 Å². The molecule has 1 aromatic rings. The van der Waals surface area contributed by atoms with Crippen LogP contribution in [0.15, 0.2) is 12.4 Å².